The largest absolute Gasteiger partial charge is 0.350 e. The topological polar surface area (TPSA) is 65.1 Å². The zero-order valence-electron chi connectivity index (χ0n) is 12.0. The first-order chi connectivity index (χ1) is 10.7. The van der Waals surface area contributed by atoms with E-state index >= 15 is 0 Å². The molecule has 1 atom stereocenters. The number of benzene rings is 1. The molecule has 0 aliphatic carbocycles. The average molecular weight is 323 g/mol. The van der Waals surface area contributed by atoms with Crippen LogP contribution in [0.15, 0.2) is 30.3 Å². The lowest BCUT2D eigenvalue weighted by Crippen LogP contribution is -2.33. The molecular formula is C15H17NO5S. The molecule has 6 nitrogen and oxygen atoms in total. The summed E-state index contributed by atoms with van der Waals surface area (Å²) in [4.78, 5) is 29.4. The van der Waals surface area contributed by atoms with Crippen molar-refractivity contribution >= 4 is 22.9 Å². The summed E-state index contributed by atoms with van der Waals surface area (Å²) >= 11 is 1.01. The average Bonchev–Trinajstić information content (AvgIpc) is 3.12. The van der Waals surface area contributed by atoms with Crippen LogP contribution in [0.1, 0.15) is 12.0 Å². The van der Waals surface area contributed by atoms with Crippen molar-refractivity contribution in [3.63, 3.8) is 0 Å². The Bertz CT molecular complexity index is 532. The molecule has 22 heavy (non-hydrogen) atoms. The molecule has 2 heterocycles. The predicted octanol–water partition coefficient (Wildman–Crippen LogP) is 1.99. The summed E-state index contributed by atoms with van der Waals surface area (Å²) in [5, 5.41) is 0.0841. The van der Waals surface area contributed by atoms with E-state index in [4.69, 9.17) is 14.3 Å². The maximum atomic E-state index is 12.2. The third-order valence-corrected chi connectivity index (χ3v) is 4.43. The van der Waals surface area contributed by atoms with Crippen molar-refractivity contribution in [1.29, 1.82) is 0 Å². The Labute approximate surface area is 132 Å². The fourth-order valence-corrected chi connectivity index (χ4v) is 3.28. The Hall–Kier alpha value is -1.41. The summed E-state index contributed by atoms with van der Waals surface area (Å²) in [6, 6.07) is 9.63. The molecule has 0 aromatic heterocycles. The molecule has 3 rings (SSSR count). The van der Waals surface area contributed by atoms with E-state index < -0.39 is 5.25 Å². The molecule has 2 aliphatic rings. The van der Waals surface area contributed by atoms with E-state index in [-0.39, 0.29) is 24.0 Å². The van der Waals surface area contributed by atoms with Crippen LogP contribution < -0.4 is 0 Å². The van der Waals surface area contributed by atoms with E-state index in [9.17, 15) is 9.59 Å². The molecule has 0 bridgehead atoms. The summed E-state index contributed by atoms with van der Waals surface area (Å²) in [5.41, 5.74) is 1.02. The number of carbonyl (C=O) groups excluding carboxylic acids is 2. The third kappa shape index (κ3) is 3.67. The second-order valence-electron chi connectivity index (χ2n) is 4.99. The van der Waals surface area contributed by atoms with Gasteiger partial charge in [-0.25, -0.2) is 0 Å². The second-order valence-corrected chi connectivity index (χ2v) is 6.14. The summed E-state index contributed by atoms with van der Waals surface area (Å²) in [7, 11) is 0. The van der Waals surface area contributed by atoms with E-state index in [1.807, 2.05) is 30.3 Å². The van der Waals surface area contributed by atoms with Crippen LogP contribution >= 0.6 is 11.8 Å². The molecule has 7 heteroatoms. The summed E-state index contributed by atoms with van der Waals surface area (Å²) in [6.07, 6.45) is 0.705. The number of ether oxygens (including phenoxy) is 2. The quantitative estimate of drug-likeness (QED) is 0.798. The molecular weight excluding hydrogens is 306 g/mol. The van der Waals surface area contributed by atoms with Gasteiger partial charge in [-0.05, 0) is 23.7 Å². The zero-order chi connectivity index (χ0) is 15.4. The SMILES string of the molecule is O=C1SC(Cc2ccccc2)C(=O)N1OCCC1OCCO1. The normalized spacial score (nSPS) is 22.7. The maximum absolute atomic E-state index is 12.2. The summed E-state index contributed by atoms with van der Waals surface area (Å²) in [6.45, 7) is 1.35. The fourth-order valence-electron chi connectivity index (χ4n) is 2.33. The van der Waals surface area contributed by atoms with E-state index in [2.05, 4.69) is 0 Å². The van der Waals surface area contributed by atoms with Gasteiger partial charge in [0.25, 0.3) is 5.91 Å². The Kier molecular flexibility index (Phi) is 5.09. The highest BCUT2D eigenvalue weighted by molar-refractivity contribution is 8.15. The maximum Gasteiger partial charge on any atom is 0.313 e. The molecule has 1 unspecified atom stereocenters. The fraction of sp³-hybridized carbons (Fsp3) is 0.467. The lowest BCUT2D eigenvalue weighted by Gasteiger charge is -2.15. The zero-order valence-corrected chi connectivity index (χ0v) is 12.8. The van der Waals surface area contributed by atoms with Crippen LogP contribution in [0.25, 0.3) is 0 Å². The van der Waals surface area contributed by atoms with Crippen molar-refractivity contribution in [1.82, 2.24) is 5.06 Å². The molecule has 0 saturated carbocycles. The van der Waals surface area contributed by atoms with E-state index in [1.54, 1.807) is 0 Å². The first-order valence-electron chi connectivity index (χ1n) is 7.18. The molecule has 2 saturated heterocycles. The molecule has 0 N–H and O–H groups in total. The van der Waals surface area contributed by atoms with Gasteiger partial charge in [-0.15, -0.1) is 5.06 Å². The minimum absolute atomic E-state index is 0.209. The van der Waals surface area contributed by atoms with Crippen molar-refractivity contribution in [2.45, 2.75) is 24.4 Å². The van der Waals surface area contributed by atoms with Crippen LogP contribution in [0.2, 0.25) is 0 Å². The number of carbonyl (C=O) groups is 2. The molecule has 0 spiro atoms. The highest BCUT2D eigenvalue weighted by Gasteiger charge is 2.40. The third-order valence-electron chi connectivity index (χ3n) is 3.41. The summed E-state index contributed by atoms with van der Waals surface area (Å²) < 4.78 is 10.6. The number of hydrogen-bond acceptors (Lipinski definition) is 6. The first-order valence-corrected chi connectivity index (χ1v) is 8.06. The number of amides is 2. The standard InChI is InChI=1S/C15H17NO5S/c17-14-12(10-11-4-2-1-3-5-11)22-15(18)16(14)21-7-6-13-19-8-9-20-13/h1-5,12-13H,6-10H2. The Morgan fingerprint density at radius 2 is 1.91 bits per heavy atom. The van der Waals surface area contributed by atoms with Crippen LogP contribution in [0.5, 0.6) is 0 Å². The van der Waals surface area contributed by atoms with Gasteiger partial charge in [-0.2, -0.15) is 0 Å². The molecule has 2 aliphatic heterocycles. The lowest BCUT2D eigenvalue weighted by molar-refractivity contribution is -0.169. The van der Waals surface area contributed by atoms with E-state index in [0.717, 1.165) is 22.4 Å². The first kappa shape index (κ1) is 15.5. The van der Waals surface area contributed by atoms with Gasteiger partial charge in [0.05, 0.1) is 25.1 Å². The predicted molar refractivity (Wildman–Crippen MR) is 80.0 cm³/mol. The number of thioether (sulfide) groups is 1. The Balaban J connectivity index is 1.50. The van der Waals surface area contributed by atoms with Crippen molar-refractivity contribution in [3.8, 4) is 0 Å². The molecule has 1 aromatic rings. The summed E-state index contributed by atoms with van der Waals surface area (Å²) in [5.74, 6) is -0.299. The molecule has 118 valence electrons. The minimum atomic E-state index is -0.422. The number of imide groups is 1. The highest BCUT2D eigenvalue weighted by Crippen LogP contribution is 2.29. The number of nitrogens with zero attached hydrogens (tertiary/aromatic N) is 1. The number of hydroxylamine groups is 2. The van der Waals surface area contributed by atoms with Crippen molar-refractivity contribution < 1.29 is 23.9 Å². The van der Waals surface area contributed by atoms with Crippen LogP contribution in [0, 0.1) is 0 Å². The van der Waals surface area contributed by atoms with Gasteiger partial charge in [0.2, 0.25) is 0 Å². The lowest BCUT2D eigenvalue weighted by atomic mass is 10.1. The van der Waals surface area contributed by atoms with Gasteiger partial charge in [-0.3, -0.25) is 14.4 Å². The Morgan fingerprint density at radius 3 is 2.64 bits per heavy atom. The van der Waals surface area contributed by atoms with Crippen molar-refractivity contribution in [2.75, 3.05) is 19.8 Å². The van der Waals surface area contributed by atoms with Crippen molar-refractivity contribution in [3.05, 3.63) is 35.9 Å². The molecule has 0 radical (unpaired) electrons. The van der Waals surface area contributed by atoms with Crippen LogP contribution in [-0.2, 0) is 25.5 Å². The number of rotatable bonds is 6. The molecule has 2 fully saturated rings. The van der Waals surface area contributed by atoms with Gasteiger partial charge in [0, 0.05) is 6.42 Å². The number of hydrogen-bond donors (Lipinski definition) is 0. The van der Waals surface area contributed by atoms with Gasteiger partial charge >= 0.3 is 5.24 Å². The monoisotopic (exact) mass is 323 g/mol. The van der Waals surface area contributed by atoms with Crippen LogP contribution in [-0.4, -0.2) is 47.6 Å². The van der Waals surface area contributed by atoms with Crippen LogP contribution in [0.3, 0.4) is 0 Å². The van der Waals surface area contributed by atoms with Crippen molar-refractivity contribution in [2.24, 2.45) is 0 Å². The molecule has 2 amide bonds. The van der Waals surface area contributed by atoms with Gasteiger partial charge in [0.15, 0.2) is 6.29 Å². The van der Waals surface area contributed by atoms with Gasteiger partial charge in [0.1, 0.15) is 0 Å². The van der Waals surface area contributed by atoms with Crippen LogP contribution in [0.4, 0.5) is 4.79 Å². The van der Waals surface area contributed by atoms with Gasteiger partial charge < -0.3 is 9.47 Å². The van der Waals surface area contributed by atoms with E-state index in [1.165, 1.54) is 0 Å². The smallest absolute Gasteiger partial charge is 0.313 e. The van der Waals surface area contributed by atoms with Gasteiger partial charge in [-0.1, -0.05) is 30.3 Å². The highest BCUT2D eigenvalue weighted by atomic mass is 32.2. The van der Waals surface area contributed by atoms with E-state index in [0.29, 0.717) is 26.1 Å². The second kappa shape index (κ2) is 7.23. The minimum Gasteiger partial charge on any atom is -0.350 e. The molecule has 1 aromatic carbocycles. The Morgan fingerprint density at radius 1 is 1.18 bits per heavy atom.